The van der Waals surface area contributed by atoms with Crippen molar-refractivity contribution in [1.29, 1.82) is 0 Å². The largest absolute Gasteiger partial charge is 0.494 e. The molecule has 1 heterocycles. The summed E-state index contributed by atoms with van der Waals surface area (Å²) in [4.78, 5) is 0. The van der Waals surface area contributed by atoms with Crippen molar-refractivity contribution < 1.29 is 14.5 Å². The highest BCUT2D eigenvalue weighted by Crippen LogP contribution is 2.23. The smallest absolute Gasteiger partial charge is 0.335 e. The van der Waals surface area contributed by atoms with E-state index in [1.807, 2.05) is 18.2 Å². The number of aliphatic hydroxyl groups is 1. The van der Waals surface area contributed by atoms with E-state index in [0.29, 0.717) is 19.6 Å². The van der Waals surface area contributed by atoms with E-state index in [0.717, 1.165) is 16.8 Å². The summed E-state index contributed by atoms with van der Waals surface area (Å²) in [6.45, 7) is 1.11. The monoisotopic (exact) mass is 220 g/mol. The molecule has 0 amide bonds. The third kappa shape index (κ3) is 2.21. The van der Waals surface area contributed by atoms with E-state index in [-0.39, 0.29) is 12.7 Å². The molecule has 1 aromatic rings. The van der Waals surface area contributed by atoms with Crippen LogP contribution in [0.2, 0.25) is 0 Å². The molecule has 1 aliphatic heterocycles. The van der Waals surface area contributed by atoms with E-state index in [9.17, 15) is 0 Å². The summed E-state index contributed by atoms with van der Waals surface area (Å²) in [5.41, 5.74) is 7.64. The van der Waals surface area contributed by atoms with Crippen LogP contribution in [0.25, 0.3) is 0 Å². The van der Waals surface area contributed by atoms with Crippen LogP contribution in [0.5, 0.6) is 5.75 Å². The van der Waals surface area contributed by atoms with Gasteiger partial charge in [-0.05, 0) is 17.1 Å². The molecule has 3 N–H and O–H groups in total. The molecule has 2 rings (SSSR count). The lowest BCUT2D eigenvalue weighted by Gasteiger charge is -2.11. The molecule has 1 atom stereocenters. The summed E-state index contributed by atoms with van der Waals surface area (Å²) in [7, 11) is 1.70. The molecular formula is C11H15BNO3. The van der Waals surface area contributed by atoms with Gasteiger partial charge in [-0.1, -0.05) is 12.1 Å². The maximum atomic E-state index is 8.69. The molecule has 5 heteroatoms. The third-order valence-electron chi connectivity index (χ3n) is 2.57. The maximum Gasteiger partial charge on any atom is 0.335 e. The minimum absolute atomic E-state index is 0.0589. The third-order valence-corrected chi connectivity index (χ3v) is 2.57. The molecule has 1 unspecified atom stereocenters. The highest BCUT2D eigenvalue weighted by molar-refractivity contribution is 6.50. The molecule has 4 nitrogen and oxygen atoms in total. The summed E-state index contributed by atoms with van der Waals surface area (Å²) in [5.74, 6) is 0.793. The van der Waals surface area contributed by atoms with Gasteiger partial charge in [-0.3, -0.25) is 0 Å². The SMILES string of the molecule is NCC1O[B]c2c(OCCCO)cccc21. The minimum Gasteiger partial charge on any atom is -0.494 e. The average Bonchev–Trinajstić information content (AvgIpc) is 2.73. The minimum atomic E-state index is -0.0589. The summed E-state index contributed by atoms with van der Waals surface area (Å²) in [6, 6.07) is 5.82. The Balaban J connectivity index is 2.12. The van der Waals surface area contributed by atoms with E-state index in [2.05, 4.69) is 0 Å². The van der Waals surface area contributed by atoms with Crippen LogP contribution in [0.15, 0.2) is 18.2 Å². The maximum absolute atomic E-state index is 8.69. The first-order chi connectivity index (χ1) is 7.86. The molecule has 0 bridgehead atoms. The molecule has 0 aromatic heterocycles. The van der Waals surface area contributed by atoms with Gasteiger partial charge in [-0.15, -0.1) is 0 Å². The van der Waals surface area contributed by atoms with Gasteiger partial charge in [0.1, 0.15) is 5.75 Å². The van der Waals surface area contributed by atoms with Crippen molar-refractivity contribution >= 4 is 12.9 Å². The Morgan fingerprint density at radius 3 is 3.12 bits per heavy atom. The zero-order valence-electron chi connectivity index (χ0n) is 9.06. The first-order valence-electron chi connectivity index (χ1n) is 5.42. The molecule has 0 aliphatic carbocycles. The quantitative estimate of drug-likeness (QED) is 0.529. The van der Waals surface area contributed by atoms with Crippen LogP contribution in [0.3, 0.4) is 0 Å². The van der Waals surface area contributed by atoms with Crippen LogP contribution < -0.4 is 15.9 Å². The Morgan fingerprint density at radius 1 is 1.50 bits per heavy atom. The van der Waals surface area contributed by atoms with Crippen LogP contribution in [-0.4, -0.2) is 32.3 Å². The molecule has 0 spiro atoms. The highest BCUT2D eigenvalue weighted by Gasteiger charge is 2.26. The normalized spacial score (nSPS) is 18.0. The van der Waals surface area contributed by atoms with Crippen LogP contribution in [-0.2, 0) is 4.65 Å². The van der Waals surface area contributed by atoms with Crippen LogP contribution in [0.4, 0.5) is 0 Å². The van der Waals surface area contributed by atoms with Crippen molar-refractivity contribution in [2.75, 3.05) is 19.8 Å². The number of aliphatic hydroxyl groups excluding tert-OH is 1. The zero-order valence-corrected chi connectivity index (χ0v) is 9.06. The molecule has 85 valence electrons. The highest BCUT2D eigenvalue weighted by atomic mass is 16.5. The van der Waals surface area contributed by atoms with Crippen molar-refractivity contribution in [3.05, 3.63) is 23.8 Å². The van der Waals surface area contributed by atoms with Crippen molar-refractivity contribution in [1.82, 2.24) is 0 Å². The molecule has 0 fully saturated rings. The Morgan fingerprint density at radius 2 is 2.38 bits per heavy atom. The fourth-order valence-electron chi connectivity index (χ4n) is 1.75. The average molecular weight is 220 g/mol. The fraction of sp³-hybridized carbons (Fsp3) is 0.455. The van der Waals surface area contributed by atoms with Gasteiger partial charge in [-0.2, -0.15) is 0 Å². The Hall–Kier alpha value is -1.04. The molecule has 16 heavy (non-hydrogen) atoms. The van der Waals surface area contributed by atoms with E-state index in [1.54, 1.807) is 7.48 Å². The lowest BCUT2D eigenvalue weighted by molar-refractivity contribution is 0.234. The first kappa shape index (κ1) is 11.5. The van der Waals surface area contributed by atoms with Crippen molar-refractivity contribution in [3.8, 4) is 5.75 Å². The molecular weight excluding hydrogens is 205 g/mol. The van der Waals surface area contributed by atoms with E-state index < -0.39 is 0 Å². The van der Waals surface area contributed by atoms with Gasteiger partial charge in [0, 0.05) is 19.6 Å². The first-order valence-corrected chi connectivity index (χ1v) is 5.42. The summed E-state index contributed by atoms with van der Waals surface area (Å²) in [6.07, 6.45) is 0.571. The molecule has 0 saturated heterocycles. The number of hydrogen-bond acceptors (Lipinski definition) is 4. The lowest BCUT2D eigenvalue weighted by atomic mass is 9.85. The Labute approximate surface area is 95.6 Å². The zero-order chi connectivity index (χ0) is 11.4. The van der Waals surface area contributed by atoms with Crippen molar-refractivity contribution in [2.45, 2.75) is 12.5 Å². The van der Waals surface area contributed by atoms with Gasteiger partial charge in [-0.25, -0.2) is 0 Å². The standard InChI is InChI=1S/C11H15BNO3/c13-7-10-8-3-1-4-9(11(8)12-16-10)15-6-2-5-14/h1,3-4,10,14H,2,5-7,13H2. The summed E-state index contributed by atoms with van der Waals surface area (Å²) in [5, 5.41) is 8.69. The predicted octanol–water partition coefficient (Wildman–Crippen LogP) is -0.278. The Kier molecular flexibility index (Phi) is 3.82. The van der Waals surface area contributed by atoms with Crippen molar-refractivity contribution in [3.63, 3.8) is 0 Å². The van der Waals surface area contributed by atoms with E-state index >= 15 is 0 Å². The van der Waals surface area contributed by atoms with Crippen LogP contribution in [0, 0.1) is 0 Å². The van der Waals surface area contributed by atoms with Gasteiger partial charge < -0.3 is 20.2 Å². The molecule has 1 aliphatic rings. The number of rotatable bonds is 5. The number of fused-ring (bicyclic) bond motifs is 1. The number of hydrogen-bond donors (Lipinski definition) is 2. The topological polar surface area (TPSA) is 64.7 Å². The lowest BCUT2D eigenvalue weighted by Crippen LogP contribution is -2.17. The second-order valence-electron chi connectivity index (χ2n) is 3.66. The summed E-state index contributed by atoms with van der Waals surface area (Å²) >= 11 is 0. The van der Waals surface area contributed by atoms with Crippen LogP contribution in [0.1, 0.15) is 18.1 Å². The second kappa shape index (κ2) is 5.34. The number of benzene rings is 1. The van der Waals surface area contributed by atoms with Gasteiger partial charge in [0.25, 0.3) is 0 Å². The number of nitrogens with two attached hydrogens (primary N) is 1. The van der Waals surface area contributed by atoms with E-state index in [1.165, 1.54) is 0 Å². The van der Waals surface area contributed by atoms with Gasteiger partial charge in [0.2, 0.25) is 0 Å². The Bertz CT molecular complexity index is 359. The second-order valence-corrected chi connectivity index (χ2v) is 3.66. The van der Waals surface area contributed by atoms with Gasteiger partial charge in [0.05, 0.1) is 12.7 Å². The van der Waals surface area contributed by atoms with Gasteiger partial charge in [0.15, 0.2) is 0 Å². The predicted molar refractivity (Wildman–Crippen MR) is 61.9 cm³/mol. The number of ether oxygens (including phenoxy) is 1. The van der Waals surface area contributed by atoms with Gasteiger partial charge >= 0.3 is 7.48 Å². The van der Waals surface area contributed by atoms with E-state index in [4.69, 9.17) is 20.2 Å². The molecule has 0 saturated carbocycles. The summed E-state index contributed by atoms with van der Waals surface area (Å²) < 4.78 is 11.0. The molecule has 1 radical (unpaired) electrons. The van der Waals surface area contributed by atoms with Crippen LogP contribution >= 0.6 is 0 Å². The fourth-order valence-corrected chi connectivity index (χ4v) is 1.75. The molecule has 1 aromatic carbocycles. The van der Waals surface area contributed by atoms with Crippen molar-refractivity contribution in [2.24, 2.45) is 5.73 Å².